The zero-order valence-electron chi connectivity index (χ0n) is 10.8. The minimum Gasteiger partial charge on any atom is -0.466 e. The number of rotatable bonds is 6. The molecule has 0 aliphatic rings. The van der Waals surface area contributed by atoms with Crippen molar-refractivity contribution in [2.24, 2.45) is 5.41 Å². The van der Waals surface area contributed by atoms with Crippen LogP contribution in [0.4, 0.5) is 0 Å². The van der Waals surface area contributed by atoms with Crippen LogP contribution in [0.25, 0.3) is 0 Å². The summed E-state index contributed by atoms with van der Waals surface area (Å²) in [6.45, 7) is 8.02. The number of hydrogen-bond donors (Lipinski definition) is 0. The molecule has 0 aliphatic carbocycles. The first-order chi connectivity index (χ1) is 7.66. The van der Waals surface area contributed by atoms with Gasteiger partial charge < -0.3 is 4.74 Å². The summed E-state index contributed by atoms with van der Waals surface area (Å²) in [6.07, 6.45) is 6.00. The lowest BCUT2D eigenvalue weighted by Crippen LogP contribution is -2.31. The molecule has 0 heterocycles. The lowest BCUT2D eigenvalue weighted by atomic mass is 9.78. The fourth-order valence-corrected chi connectivity index (χ4v) is 1.53. The van der Waals surface area contributed by atoms with Crippen molar-refractivity contribution >= 4 is 5.97 Å². The predicted molar refractivity (Wildman–Crippen MR) is 66.9 cm³/mol. The Morgan fingerprint density at radius 2 is 2.12 bits per heavy atom. The van der Waals surface area contributed by atoms with Crippen molar-refractivity contribution in [2.75, 3.05) is 6.61 Å². The van der Waals surface area contributed by atoms with Crippen LogP contribution < -0.4 is 0 Å². The first-order valence-corrected chi connectivity index (χ1v) is 5.84. The van der Waals surface area contributed by atoms with Gasteiger partial charge in [-0.3, -0.25) is 4.79 Å². The van der Waals surface area contributed by atoms with Crippen molar-refractivity contribution in [1.82, 2.24) is 0 Å². The molecular formula is C14H22O2. The Morgan fingerprint density at radius 1 is 1.44 bits per heavy atom. The Hall–Kier alpha value is -1.23. The molecule has 0 amide bonds. The van der Waals surface area contributed by atoms with Gasteiger partial charge in [0.25, 0.3) is 0 Å². The van der Waals surface area contributed by atoms with Crippen molar-refractivity contribution in [3.8, 4) is 11.8 Å². The maximum absolute atomic E-state index is 12.0. The standard InChI is InChI=1S/C14H22O2/c1-5-9-11-14(7-3,12-10-6-2)13(15)16-8-4/h5,9H,7-8,11-12H2,1-4H3/b9-5+. The largest absolute Gasteiger partial charge is 0.466 e. The molecule has 90 valence electrons. The van der Waals surface area contributed by atoms with Crippen LogP contribution in [0, 0.1) is 17.3 Å². The molecule has 0 aromatic heterocycles. The molecule has 2 heteroatoms. The monoisotopic (exact) mass is 222 g/mol. The first-order valence-electron chi connectivity index (χ1n) is 5.84. The van der Waals surface area contributed by atoms with E-state index in [2.05, 4.69) is 11.8 Å². The average molecular weight is 222 g/mol. The van der Waals surface area contributed by atoms with Crippen LogP contribution in [0.15, 0.2) is 12.2 Å². The molecule has 0 spiro atoms. The molecule has 1 unspecified atom stereocenters. The average Bonchev–Trinajstić information content (AvgIpc) is 2.30. The molecule has 0 bridgehead atoms. The summed E-state index contributed by atoms with van der Waals surface area (Å²) in [6, 6.07) is 0. The molecule has 0 aromatic rings. The molecule has 0 fully saturated rings. The van der Waals surface area contributed by atoms with Crippen LogP contribution in [0.5, 0.6) is 0 Å². The zero-order valence-corrected chi connectivity index (χ0v) is 10.8. The summed E-state index contributed by atoms with van der Waals surface area (Å²) in [5, 5.41) is 0. The molecule has 0 N–H and O–H groups in total. The molecule has 1 atom stereocenters. The fourth-order valence-electron chi connectivity index (χ4n) is 1.53. The van der Waals surface area contributed by atoms with Crippen LogP contribution in [-0.2, 0) is 9.53 Å². The van der Waals surface area contributed by atoms with E-state index in [0.29, 0.717) is 19.4 Å². The van der Waals surface area contributed by atoms with Crippen molar-refractivity contribution in [3.05, 3.63) is 12.2 Å². The minimum atomic E-state index is -0.467. The first kappa shape index (κ1) is 14.8. The van der Waals surface area contributed by atoms with Gasteiger partial charge in [0.1, 0.15) is 0 Å². The lowest BCUT2D eigenvalue weighted by molar-refractivity contribution is -0.155. The molecule has 16 heavy (non-hydrogen) atoms. The Balaban J connectivity index is 4.90. The summed E-state index contributed by atoms with van der Waals surface area (Å²) in [5.41, 5.74) is -0.467. The van der Waals surface area contributed by atoms with Crippen LogP contribution in [-0.4, -0.2) is 12.6 Å². The third-order valence-corrected chi connectivity index (χ3v) is 2.73. The van der Waals surface area contributed by atoms with Gasteiger partial charge in [0.2, 0.25) is 0 Å². The number of carbonyl (C=O) groups is 1. The summed E-state index contributed by atoms with van der Waals surface area (Å²) < 4.78 is 5.15. The van der Waals surface area contributed by atoms with E-state index in [1.165, 1.54) is 0 Å². The normalized spacial score (nSPS) is 14.0. The van der Waals surface area contributed by atoms with Gasteiger partial charge in [0, 0.05) is 6.42 Å². The predicted octanol–water partition coefficient (Wildman–Crippen LogP) is 3.33. The summed E-state index contributed by atoms with van der Waals surface area (Å²) in [4.78, 5) is 12.0. The van der Waals surface area contributed by atoms with Crippen LogP contribution >= 0.6 is 0 Å². The van der Waals surface area contributed by atoms with Crippen LogP contribution in [0.2, 0.25) is 0 Å². The SMILES string of the molecule is CC#CCC(CC)(C/C=C/C)C(=O)OCC. The molecular weight excluding hydrogens is 200 g/mol. The van der Waals surface area contributed by atoms with Gasteiger partial charge in [0.15, 0.2) is 0 Å². The molecule has 2 nitrogen and oxygen atoms in total. The molecule has 0 rings (SSSR count). The second-order valence-electron chi connectivity index (χ2n) is 3.73. The second kappa shape index (κ2) is 7.98. The number of hydrogen-bond acceptors (Lipinski definition) is 2. The summed E-state index contributed by atoms with van der Waals surface area (Å²) >= 11 is 0. The molecule has 0 aromatic carbocycles. The second-order valence-corrected chi connectivity index (χ2v) is 3.73. The number of allylic oxidation sites excluding steroid dienone is 2. The van der Waals surface area contributed by atoms with Gasteiger partial charge in [0.05, 0.1) is 12.0 Å². The van der Waals surface area contributed by atoms with Crippen molar-refractivity contribution in [1.29, 1.82) is 0 Å². The Labute approximate surface area is 99.1 Å². The Bertz CT molecular complexity index is 294. The Kier molecular flexibility index (Phi) is 7.37. The van der Waals surface area contributed by atoms with E-state index in [0.717, 1.165) is 6.42 Å². The van der Waals surface area contributed by atoms with E-state index in [1.54, 1.807) is 6.92 Å². The summed E-state index contributed by atoms with van der Waals surface area (Å²) in [5.74, 6) is 5.73. The van der Waals surface area contributed by atoms with E-state index >= 15 is 0 Å². The minimum absolute atomic E-state index is 0.127. The highest BCUT2D eigenvalue weighted by Gasteiger charge is 2.36. The van der Waals surface area contributed by atoms with Crippen LogP contribution in [0.1, 0.15) is 47.0 Å². The van der Waals surface area contributed by atoms with Crippen molar-refractivity contribution < 1.29 is 9.53 Å². The van der Waals surface area contributed by atoms with Gasteiger partial charge in [-0.05, 0) is 33.6 Å². The molecule has 0 saturated heterocycles. The van der Waals surface area contributed by atoms with E-state index in [4.69, 9.17) is 4.74 Å². The number of ether oxygens (including phenoxy) is 1. The summed E-state index contributed by atoms with van der Waals surface area (Å²) in [7, 11) is 0. The highest BCUT2D eigenvalue weighted by atomic mass is 16.5. The highest BCUT2D eigenvalue weighted by Crippen LogP contribution is 2.32. The van der Waals surface area contributed by atoms with E-state index in [-0.39, 0.29) is 5.97 Å². The highest BCUT2D eigenvalue weighted by molar-refractivity contribution is 5.77. The third kappa shape index (κ3) is 4.10. The van der Waals surface area contributed by atoms with Gasteiger partial charge in [-0.2, -0.15) is 0 Å². The Morgan fingerprint density at radius 3 is 2.56 bits per heavy atom. The topological polar surface area (TPSA) is 26.3 Å². The van der Waals surface area contributed by atoms with Crippen molar-refractivity contribution in [3.63, 3.8) is 0 Å². The fraction of sp³-hybridized carbons (Fsp3) is 0.643. The third-order valence-electron chi connectivity index (χ3n) is 2.73. The lowest BCUT2D eigenvalue weighted by Gasteiger charge is -2.27. The van der Waals surface area contributed by atoms with Gasteiger partial charge >= 0.3 is 5.97 Å². The van der Waals surface area contributed by atoms with E-state index < -0.39 is 5.41 Å². The molecule has 0 saturated carbocycles. The smallest absolute Gasteiger partial charge is 0.313 e. The van der Waals surface area contributed by atoms with Gasteiger partial charge in [-0.1, -0.05) is 19.1 Å². The molecule has 0 radical (unpaired) electrons. The molecule has 0 aliphatic heterocycles. The van der Waals surface area contributed by atoms with E-state index in [9.17, 15) is 4.79 Å². The zero-order chi connectivity index (χ0) is 12.4. The van der Waals surface area contributed by atoms with Gasteiger partial charge in [-0.25, -0.2) is 0 Å². The van der Waals surface area contributed by atoms with Gasteiger partial charge in [-0.15, -0.1) is 11.8 Å². The quantitative estimate of drug-likeness (QED) is 0.391. The van der Waals surface area contributed by atoms with Crippen molar-refractivity contribution in [2.45, 2.75) is 47.0 Å². The number of esters is 1. The van der Waals surface area contributed by atoms with E-state index in [1.807, 2.05) is 32.9 Å². The van der Waals surface area contributed by atoms with Crippen LogP contribution in [0.3, 0.4) is 0 Å². The maximum atomic E-state index is 12.0. The maximum Gasteiger partial charge on any atom is 0.313 e. The number of carbonyl (C=O) groups excluding carboxylic acids is 1.